The van der Waals surface area contributed by atoms with E-state index in [4.69, 9.17) is 9.47 Å². The number of rotatable bonds is 5. The SMILES string of the molecule is C[C@H]1[C@@H](c2cc(C(F)(F)F)cc(C(F)(F)F)c2)OC(=O)N1Cc1cc(C(F)(F)F)cnc1NC1CCCOCC1. The lowest BCUT2D eigenvalue weighted by molar-refractivity contribution is -0.143. The van der Waals surface area contributed by atoms with E-state index >= 15 is 0 Å². The maximum Gasteiger partial charge on any atom is 0.417 e. The van der Waals surface area contributed by atoms with Crippen LogP contribution in [0.2, 0.25) is 0 Å². The minimum absolute atomic E-state index is 0.0481. The highest BCUT2D eigenvalue weighted by molar-refractivity contribution is 5.71. The van der Waals surface area contributed by atoms with Gasteiger partial charge in [0.15, 0.2) is 0 Å². The van der Waals surface area contributed by atoms with Crippen molar-refractivity contribution in [1.82, 2.24) is 9.88 Å². The van der Waals surface area contributed by atoms with Crippen LogP contribution in [-0.2, 0) is 34.5 Å². The van der Waals surface area contributed by atoms with E-state index in [0.29, 0.717) is 50.8 Å². The molecule has 3 atom stereocenters. The molecule has 0 aliphatic carbocycles. The number of ether oxygens (including phenoxy) is 2. The van der Waals surface area contributed by atoms with E-state index in [1.807, 2.05) is 0 Å². The van der Waals surface area contributed by atoms with Crippen molar-refractivity contribution in [3.8, 4) is 0 Å². The van der Waals surface area contributed by atoms with Crippen LogP contribution in [0.5, 0.6) is 0 Å². The fourth-order valence-corrected chi connectivity index (χ4v) is 4.64. The Morgan fingerprint density at radius 1 is 0.900 bits per heavy atom. The fourth-order valence-electron chi connectivity index (χ4n) is 4.64. The minimum Gasteiger partial charge on any atom is -0.439 e. The van der Waals surface area contributed by atoms with E-state index in [-0.39, 0.29) is 23.5 Å². The summed E-state index contributed by atoms with van der Waals surface area (Å²) in [7, 11) is 0. The number of alkyl halides is 9. The number of benzene rings is 1. The molecule has 2 fully saturated rings. The third kappa shape index (κ3) is 6.73. The van der Waals surface area contributed by atoms with Gasteiger partial charge in [-0.3, -0.25) is 4.90 Å². The van der Waals surface area contributed by atoms with Gasteiger partial charge in [0.25, 0.3) is 0 Å². The molecule has 0 bridgehead atoms. The van der Waals surface area contributed by atoms with Crippen molar-refractivity contribution in [2.45, 2.75) is 69.4 Å². The first-order valence-corrected chi connectivity index (χ1v) is 12.2. The van der Waals surface area contributed by atoms with E-state index in [2.05, 4.69) is 10.3 Å². The van der Waals surface area contributed by atoms with E-state index in [1.165, 1.54) is 6.92 Å². The van der Waals surface area contributed by atoms with Gasteiger partial charge in [-0.15, -0.1) is 0 Å². The van der Waals surface area contributed by atoms with Gasteiger partial charge in [0, 0.05) is 31.0 Å². The molecule has 15 heteroatoms. The predicted molar refractivity (Wildman–Crippen MR) is 122 cm³/mol. The number of carbonyl (C=O) groups is 1. The molecule has 3 heterocycles. The van der Waals surface area contributed by atoms with Crippen molar-refractivity contribution in [1.29, 1.82) is 0 Å². The zero-order valence-electron chi connectivity index (χ0n) is 20.9. The van der Waals surface area contributed by atoms with Crippen LogP contribution in [0.15, 0.2) is 30.5 Å². The molecular formula is C25H24F9N3O3. The molecule has 220 valence electrons. The summed E-state index contributed by atoms with van der Waals surface area (Å²) in [5.41, 5.74) is -4.87. The second-order valence-electron chi connectivity index (χ2n) is 9.63. The largest absolute Gasteiger partial charge is 0.439 e. The van der Waals surface area contributed by atoms with Gasteiger partial charge in [-0.2, -0.15) is 39.5 Å². The number of cyclic esters (lactones) is 1. The van der Waals surface area contributed by atoms with Crippen molar-refractivity contribution >= 4 is 11.9 Å². The Balaban J connectivity index is 1.66. The number of anilines is 1. The summed E-state index contributed by atoms with van der Waals surface area (Å²) in [6.45, 7) is 1.77. The van der Waals surface area contributed by atoms with Crippen LogP contribution in [0.4, 0.5) is 50.1 Å². The molecule has 40 heavy (non-hydrogen) atoms. The quantitative estimate of drug-likeness (QED) is 0.376. The fraction of sp³-hybridized carbons (Fsp3) is 0.520. The number of carbonyl (C=O) groups excluding carboxylic acids is 1. The monoisotopic (exact) mass is 585 g/mol. The normalized spacial score (nSPS) is 22.7. The summed E-state index contributed by atoms with van der Waals surface area (Å²) in [6, 6.07) is 0.341. The number of pyridine rings is 1. The lowest BCUT2D eigenvalue weighted by Gasteiger charge is -2.25. The highest BCUT2D eigenvalue weighted by atomic mass is 19.4. The molecular weight excluding hydrogens is 561 g/mol. The van der Waals surface area contributed by atoms with Gasteiger partial charge in [0.05, 0.1) is 29.3 Å². The first-order chi connectivity index (χ1) is 18.5. The minimum atomic E-state index is -5.12. The number of hydrogen-bond acceptors (Lipinski definition) is 5. The number of nitrogens with one attached hydrogen (secondary N) is 1. The number of hydrogen-bond donors (Lipinski definition) is 1. The van der Waals surface area contributed by atoms with Crippen molar-refractivity contribution < 1.29 is 53.8 Å². The molecule has 2 saturated heterocycles. The van der Waals surface area contributed by atoms with Crippen LogP contribution >= 0.6 is 0 Å². The van der Waals surface area contributed by atoms with Crippen LogP contribution in [0.25, 0.3) is 0 Å². The van der Waals surface area contributed by atoms with Gasteiger partial charge < -0.3 is 14.8 Å². The Morgan fingerprint density at radius 3 is 2.12 bits per heavy atom. The van der Waals surface area contributed by atoms with Crippen LogP contribution in [0.1, 0.15) is 60.1 Å². The molecule has 1 aromatic heterocycles. The molecule has 1 aromatic carbocycles. The predicted octanol–water partition coefficient (Wildman–Crippen LogP) is 7.20. The standard InChI is InChI=1S/C25H24F9N3O3/c1-13-20(14-7-16(23(26,27)28)10-17(8-14)24(29,30)31)40-22(38)37(13)12-15-9-18(25(32,33)34)11-35-21(15)36-19-3-2-5-39-6-4-19/h7-11,13,19-20H,2-6,12H2,1H3,(H,35,36)/t13-,19?,20-/m0/s1. The zero-order valence-corrected chi connectivity index (χ0v) is 20.9. The van der Waals surface area contributed by atoms with Gasteiger partial charge in [-0.25, -0.2) is 9.78 Å². The molecule has 1 amide bonds. The van der Waals surface area contributed by atoms with E-state index < -0.39 is 65.6 Å². The average molecular weight is 585 g/mol. The van der Waals surface area contributed by atoms with Gasteiger partial charge in [-0.05, 0) is 56.0 Å². The maximum atomic E-state index is 13.5. The molecule has 0 saturated carbocycles. The summed E-state index contributed by atoms with van der Waals surface area (Å²) in [6.07, 6.45) is -15.1. The van der Waals surface area contributed by atoms with Gasteiger partial charge in [0.2, 0.25) is 0 Å². The van der Waals surface area contributed by atoms with Crippen LogP contribution in [0.3, 0.4) is 0 Å². The molecule has 2 aliphatic rings. The molecule has 4 rings (SSSR count). The molecule has 0 radical (unpaired) electrons. The summed E-state index contributed by atoms with van der Waals surface area (Å²) >= 11 is 0. The van der Waals surface area contributed by atoms with E-state index in [9.17, 15) is 44.3 Å². The summed E-state index contributed by atoms with van der Waals surface area (Å²) in [5.74, 6) is 0.0572. The number of aromatic nitrogens is 1. The third-order valence-corrected chi connectivity index (χ3v) is 6.76. The highest BCUT2D eigenvalue weighted by Gasteiger charge is 2.44. The maximum absolute atomic E-state index is 13.5. The second-order valence-corrected chi connectivity index (χ2v) is 9.63. The lowest BCUT2D eigenvalue weighted by atomic mass is 9.97. The number of halogens is 9. The number of amides is 1. The second kappa shape index (κ2) is 11.0. The van der Waals surface area contributed by atoms with Crippen LogP contribution in [0, 0.1) is 0 Å². The third-order valence-electron chi connectivity index (χ3n) is 6.76. The summed E-state index contributed by atoms with van der Waals surface area (Å²) in [4.78, 5) is 17.6. The van der Waals surface area contributed by atoms with Crippen LogP contribution < -0.4 is 5.32 Å². The summed E-state index contributed by atoms with van der Waals surface area (Å²) in [5, 5.41) is 3.08. The molecule has 2 aliphatic heterocycles. The van der Waals surface area contributed by atoms with Crippen molar-refractivity contribution in [3.63, 3.8) is 0 Å². The molecule has 6 nitrogen and oxygen atoms in total. The van der Waals surface area contributed by atoms with Crippen molar-refractivity contribution in [2.75, 3.05) is 18.5 Å². The topological polar surface area (TPSA) is 63.7 Å². The Hall–Kier alpha value is -3.23. The lowest BCUT2D eigenvalue weighted by Crippen LogP contribution is -2.32. The van der Waals surface area contributed by atoms with Crippen LogP contribution in [-0.4, -0.2) is 41.3 Å². The highest BCUT2D eigenvalue weighted by Crippen LogP contribution is 2.41. The Labute approximate surface area is 222 Å². The Morgan fingerprint density at radius 2 is 1.52 bits per heavy atom. The van der Waals surface area contributed by atoms with Gasteiger partial charge >= 0.3 is 24.6 Å². The summed E-state index contributed by atoms with van der Waals surface area (Å²) < 4.78 is 131. The first kappa shape index (κ1) is 29.7. The zero-order chi connectivity index (χ0) is 29.5. The molecule has 1 unspecified atom stereocenters. The van der Waals surface area contributed by atoms with Crippen molar-refractivity contribution in [3.05, 3.63) is 58.3 Å². The van der Waals surface area contributed by atoms with Gasteiger partial charge in [-0.1, -0.05) is 0 Å². The Bertz CT molecular complexity index is 1190. The average Bonchev–Trinajstić information content (AvgIpc) is 3.01. The van der Waals surface area contributed by atoms with Gasteiger partial charge in [0.1, 0.15) is 11.9 Å². The van der Waals surface area contributed by atoms with E-state index in [1.54, 1.807) is 0 Å². The molecule has 1 N–H and O–H groups in total. The smallest absolute Gasteiger partial charge is 0.417 e. The number of nitrogens with zero attached hydrogens (tertiary/aromatic N) is 2. The molecule has 0 spiro atoms. The first-order valence-electron chi connectivity index (χ1n) is 12.2. The molecule has 2 aromatic rings. The Kier molecular flexibility index (Phi) is 8.16. The van der Waals surface area contributed by atoms with Crippen molar-refractivity contribution in [2.24, 2.45) is 0 Å². The van der Waals surface area contributed by atoms with E-state index in [0.717, 1.165) is 11.0 Å².